The Balaban J connectivity index is 1.58. The normalized spacial score (nSPS) is 19.8. The van der Waals surface area contributed by atoms with E-state index in [9.17, 15) is 18.4 Å². The van der Waals surface area contributed by atoms with Crippen LogP contribution in [0.25, 0.3) is 0 Å². The minimum absolute atomic E-state index is 0.348. The van der Waals surface area contributed by atoms with Crippen molar-refractivity contribution < 1.29 is 23.1 Å². The topological polar surface area (TPSA) is 58.6 Å². The lowest BCUT2D eigenvalue weighted by molar-refractivity contribution is -0.145. The molecule has 160 valence electrons. The van der Waals surface area contributed by atoms with Crippen LogP contribution in [-0.2, 0) is 16.0 Å². The van der Waals surface area contributed by atoms with Gasteiger partial charge >= 0.3 is 12.0 Å². The molecule has 1 aliphatic carbocycles. The maximum absolute atomic E-state index is 14.6. The van der Waals surface area contributed by atoms with Crippen LogP contribution in [0.2, 0.25) is 0 Å². The van der Waals surface area contributed by atoms with Gasteiger partial charge in [0, 0.05) is 25.9 Å². The second-order valence-electron chi connectivity index (χ2n) is 8.44. The van der Waals surface area contributed by atoms with Crippen LogP contribution in [0.15, 0.2) is 30.3 Å². The number of benzene rings is 1. The quantitative estimate of drug-likeness (QED) is 0.719. The van der Waals surface area contributed by atoms with Gasteiger partial charge in [-0.05, 0) is 36.7 Å². The number of likely N-dealkylation sites (tertiary alicyclic amines) is 1. The van der Waals surface area contributed by atoms with Gasteiger partial charge in [0.25, 0.3) is 5.92 Å². The molecule has 1 aliphatic heterocycles. The molecule has 1 aromatic rings. The minimum atomic E-state index is -3.15. The summed E-state index contributed by atoms with van der Waals surface area (Å²) in [5.74, 6) is -4.00. The lowest BCUT2D eigenvalue weighted by Gasteiger charge is -2.39. The van der Waals surface area contributed by atoms with Crippen molar-refractivity contribution in [2.45, 2.75) is 63.3 Å². The first-order valence-electron chi connectivity index (χ1n) is 10.4. The molecule has 1 saturated heterocycles. The lowest BCUT2D eigenvalue weighted by atomic mass is 9.77. The maximum Gasteiger partial charge on any atom is 0.328 e. The van der Waals surface area contributed by atoms with E-state index in [0.717, 1.165) is 20.0 Å². The van der Waals surface area contributed by atoms with Crippen LogP contribution in [0.5, 0.6) is 0 Å². The molecular formula is C22H30F2N2O3. The average molecular weight is 408 g/mol. The van der Waals surface area contributed by atoms with Crippen LogP contribution in [0.3, 0.4) is 0 Å². The van der Waals surface area contributed by atoms with Gasteiger partial charge in [0.05, 0.1) is 7.11 Å². The zero-order valence-electron chi connectivity index (χ0n) is 17.0. The summed E-state index contributed by atoms with van der Waals surface area (Å²) in [5, 5.41) is 2.49. The summed E-state index contributed by atoms with van der Waals surface area (Å²) in [6, 6.07) is 6.53. The Hall–Kier alpha value is -2.18. The number of hydrogen-bond donors (Lipinski definition) is 1. The molecule has 5 nitrogen and oxygen atoms in total. The number of esters is 1. The van der Waals surface area contributed by atoms with E-state index in [0.29, 0.717) is 24.1 Å². The summed E-state index contributed by atoms with van der Waals surface area (Å²) < 4.78 is 33.8. The molecule has 0 radical (unpaired) electrons. The van der Waals surface area contributed by atoms with Crippen molar-refractivity contribution in [3.05, 3.63) is 35.9 Å². The van der Waals surface area contributed by atoms with Crippen molar-refractivity contribution in [2.24, 2.45) is 5.41 Å². The molecule has 1 heterocycles. The summed E-state index contributed by atoms with van der Waals surface area (Å²) in [6.07, 6.45) is 5.49. The molecule has 1 unspecified atom stereocenters. The van der Waals surface area contributed by atoms with Crippen LogP contribution in [-0.4, -0.2) is 49.1 Å². The van der Waals surface area contributed by atoms with E-state index in [2.05, 4.69) is 10.1 Å². The fourth-order valence-electron chi connectivity index (χ4n) is 4.65. The molecule has 7 heteroatoms. The van der Waals surface area contributed by atoms with Gasteiger partial charge in [-0.1, -0.05) is 43.2 Å². The van der Waals surface area contributed by atoms with Crippen molar-refractivity contribution in [1.82, 2.24) is 10.2 Å². The highest BCUT2D eigenvalue weighted by Gasteiger charge is 2.40. The number of carbonyl (C=O) groups excluding carboxylic acids is 2. The number of rotatable bonds is 6. The number of amides is 2. The second-order valence-corrected chi connectivity index (χ2v) is 8.44. The first-order valence-corrected chi connectivity index (χ1v) is 10.4. The monoisotopic (exact) mass is 408 g/mol. The zero-order chi connectivity index (χ0) is 20.9. The molecule has 1 saturated carbocycles. The number of methoxy groups -OCH3 is 1. The maximum atomic E-state index is 14.6. The summed E-state index contributed by atoms with van der Waals surface area (Å²) >= 11 is 0. The fraction of sp³-hybridized carbons (Fsp3) is 0.636. The minimum Gasteiger partial charge on any atom is -0.467 e. The second kappa shape index (κ2) is 9.09. The van der Waals surface area contributed by atoms with Gasteiger partial charge in [-0.25, -0.2) is 18.4 Å². The third-order valence-corrected chi connectivity index (χ3v) is 6.37. The molecular weight excluding hydrogens is 378 g/mol. The van der Waals surface area contributed by atoms with E-state index in [1.165, 1.54) is 25.7 Å². The highest BCUT2D eigenvalue weighted by molar-refractivity contribution is 5.83. The van der Waals surface area contributed by atoms with Crippen LogP contribution < -0.4 is 5.32 Å². The van der Waals surface area contributed by atoms with E-state index < -0.39 is 36.8 Å². The van der Waals surface area contributed by atoms with Crippen molar-refractivity contribution >= 4 is 12.0 Å². The van der Waals surface area contributed by atoms with Gasteiger partial charge < -0.3 is 15.0 Å². The summed E-state index contributed by atoms with van der Waals surface area (Å²) in [4.78, 5) is 26.3. The number of nitrogens with one attached hydrogen (secondary N) is 1. The Bertz CT molecular complexity index is 695. The van der Waals surface area contributed by atoms with Crippen molar-refractivity contribution in [2.75, 3.05) is 20.2 Å². The predicted molar refractivity (Wildman–Crippen MR) is 106 cm³/mol. The highest BCUT2D eigenvalue weighted by Crippen LogP contribution is 2.46. The van der Waals surface area contributed by atoms with Crippen LogP contribution in [0.4, 0.5) is 13.6 Å². The lowest BCUT2D eigenvalue weighted by Crippen LogP contribution is -2.53. The largest absolute Gasteiger partial charge is 0.467 e. The third kappa shape index (κ3) is 5.67. The average Bonchev–Trinajstić information content (AvgIpc) is 3.15. The third-order valence-electron chi connectivity index (χ3n) is 6.37. The summed E-state index contributed by atoms with van der Waals surface area (Å²) in [5.41, 5.74) is 0.826. The van der Waals surface area contributed by atoms with Crippen molar-refractivity contribution in [3.63, 3.8) is 0 Å². The number of carbonyl (C=O) groups is 2. The summed E-state index contributed by atoms with van der Waals surface area (Å²) in [7, 11) is 1.14. The number of urea groups is 1. The Kier molecular flexibility index (Phi) is 6.75. The van der Waals surface area contributed by atoms with Gasteiger partial charge in [-0.2, -0.15) is 0 Å². The van der Waals surface area contributed by atoms with Crippen molar-refractivity contribution in [1.29, 1.82) is 0 Å². The molecule has 1 N–H and O–H groups in total. The van der Waals surface area contributed by atoms with Gasteiger partial charge in [0.15, 0.2) is 0 Å². The predicted octanol–water partition coefficient (Wildman–Crippen LogP) is 4.16. The Morgan fingerprint density at radius 1 is 1.14 bits per heavy atom. The molecule has 1 atom stereocenters. The number of hydrogen-bond acceptors (Lipinski definition) is 3. The number of ether oxygens (including phenoxy) is 1. The Labute approximate surface area is 170 Å². The molecule has 1 spiro atoms. The van der Waals surface area contributed by atoms with Gasteiger partial charge in [-0.3, -0.25) is 0 Å². The number of piperidine rings is 1. The first-order chi connectivity index (χ1) is 13.8. The van der Waals surface area contributed by atoms with E-state index >= 15 is 0 Å². The van der Waals surface area contributed by atoms with E-state index in [4.69, 9.17) is 0 Å². The smallest absolute Gasteiger partial charge is 0.328 e. The van der Waals surface area contributed by atoms with Crippen LogP contribution >= 0.6 is 0 Å². The Morgan fingerprint density at radius 3 is 2.34 bits per heavy atom. The van der Waals surface area contributed by atoms with E-state index in [1.54, 1.807) is 35.2 Å². The zero-order valence-corrected chi connectivity index (χ0v) is 17.0. The first kappa shape index (κ1) is 21.5. The standard InChI is InChI=1S/C22H30F2N2O3/c1-29-19(27)18(16-22(23,24)15-17-7-3-2-4-8-17)25-20(28)26-13-11-21(12-14-26)9-5-6-10-21/h2-4,7-8,18H,5-6,9-16H2,1H3,(H,25,28). The molecule has 2 fully saturated rings. The number of halogens is 2. The highest BCUT2D eigenvalue weighted by atomic mass is 19.3. The van der Waals surface area contributed by atoms with Gasteiger partial charge in [-0.15, -0.1) is 0 Å². The molecule has 29 heavy (non-hydrogen) atoms. The number of nitrogens with zero attached hydrogens (tertiary/aromatic N) is 1. The molecule has 1 aromatic carbocycles. The SMILES string of the molecule is COC(=O)C(CC(F)(F)Cc1ccccc1)NC(=O)N1CCC2(CCCC2)CC1. The molecule has 2 amide bonds. The van der Waals surface area contributed by atoms with E-state index in [1.807, 2.05) is 0 Å². The fourth-order valence-corrected chi connectivity index (χ4v) is 4.65. The number of alkyl halides is 2. The molecule has 0 aromatic heterocycles. The molecule has 2 aliphatic rings. The summed E-state index contributed by atoms with van der Waals surface area (Å²) in [6.45, 7) is 1.19. The van der Waals surface area contributed by atoms with Gasteiger partial charge in [0.2, 0.25) is 0 Å². The van der Waals surface area contributed by atoms with Crippen LogP contribution in [0.1, 0.15) is 50.5 Å². The van der Waals surface area contributed by atoms with E-state index in [-0.39, 0.29) is 0 Å². The van der Waals surface area contributed by atoms with Crippen molar-refractivity contribution in [3.8, 4) is 0 Å². The van der Waals surface area contributed by atoms with Crippen LogP contribution in [0, 0.1) is 5.41 Å². The molecule has 3 rings (SSSR count). The molecule has 0 bridgehead atoms. The Morgan fingerprint density at radius 2 is 1.76 bits per heavy atom. The van der Waals surface area contributed by atoms with Gasteiger partial charge in [0.1, 0.15) is 6.04 Å².